The highest BCUT2D eigenvalue weighted by Gasteiger charge is 2.16. The van der Waals surface area contributed by atoms with Gasteiger partial charge < -0.3 is 10.6 Å². The van der Waals surface area contributed by atoms with E-state index < -0.39 is 0 Å². The molecule has 128 valence electrons. The van der Waals surface area contributed by atoms with Crippen LogP contribution in [0.25, 0.3) is 0 Å². The molecule has 0 saturated carbocycles. The Bertz CT molecular complexity index is 712. The molecule has 4 heteroatoms. The van der Waals surface area contributed by atoms with Crippen molar-refractivity contribution in [1.29, 1.82) is 0 Å². The van der Waals surface area contributed by atoms with E-state index in [9.17, 15) is 4.79 Å². The first kappa shape index (κ1) is 18.3. The van der Waals surface area contributed by atoms with Crippen molar-refractivity contribution in [2.24, 2.45) is 0 Å². The first-order valence-electron chi connectivity index (χ1n) is 8.26. The maximum absolute atomic E-state index is 12.5. The number of nitrogens with one attached hydrogen (secondary N) is 2. The number of benzene rings is 2. The van der Waals surface area contributed by atoms with Crippen molar-refractivity contribution in [3.8, 4) is 0 Å². The number of amides is 2. The molecule has 0 aliphatic carbocycles. The molecule has 0 radical (unpaired) electrons. The predicted molar refractivity (Wildman–Crippen MR) is 103 cm³/mol. The Labute approximate surface area is 149 Å². The number of aryl methyl sites for hydroxylation is 1. The van der Waals surface area contributed by atoms with Gasteiger partial charge in [-0.15, -0.1) is 0 Å². The van der Waals surface area contributed by atoms with E-state index in [0.29, 0.717) is 22.5 Å². The Morgan fingerprint density at radius 2 is 1.54 bits per heavy atom. The molecule has 3 nitrogen and oxygen atoms in total. The van der Waals surface area contributed by atoms with Gasteiger partial charge in [-0.1, -0.05) is 63.6 Å². The third-order valence-corrected chi connectivity index (χ3v) is 4.45. The molecule has 0 heterocycles. The van der Waals surface area contributed by atoms with Gasteiger partial charge >= 0.3 is 6.03 Å². The van der Waals surface area contributed by atoms with Crippen LogP contribution in [0.3, 0.4) is 0 Å². The number of anilines is 2. The quantitative estimate of drug-likeness (QED) is 0.649. The van der Waals surface area contributed by atoms with E-state index in [0.717, 1.165) is 22.4 Å². The molecule has 2 rings (SSSR count). The van der Waals surface area contributed by atoms with Gasteiger partial charge in [0.2, 0.25) is 0 Å². The minimum absolute atomic E-state index is 0.259. The first-order chi connectivity index (χ1) is 11.3. The van der Waals surface area contributed by atoms with E-state index in [1.165, 1.54) is 0 Å². The van der Waals surface area contributed by atoms with Crippen LogP contribution in [0.4, 0.5) is 16.2 Å². The minimum Gasteiger partial charge on any atom is -0.308 e. The molecular weight excluding hydrogens is 320 g/mol. The van der Waals surface area contributed by atoms with Crippen LogP contribution < -0.4 is 10.6 Å². The van der Waals surface area contributed by atoms with Crippen LogP contribution in [0.15, 0.2) is 36.4 Å². The monoisotopic (exact) mass is 344 g/mol. The third-order valence-electron chi connectivity index (χ3n) is 4.04. The van der Waals surface area contributed by atoms with Crippen LogP contribution in [-0.2, 0) is 0 Å². The predicted octanol–water partition coefficient (Wildman–Crippen LogP) is 6.54. The Kier molecular flexibility index (Phi) is 5.89. The summed E-state index contributed by atoms with van der Waals surface area (Å²) in [7, 11) is 0. The van der Waals surface area contributed by atoms with Crippen LogP contribution in [0.2, 0.25) is 5.02 Å². The SMILES string of the molecule is Cc1ccc(NC(=O)Nc2c(C(C)C)cccc2C(C)C)cc1Cl. The lowest BCUT2D eigenvalue weighted by Gasteiger charge is -2.20. The summed E-state index contributed by atoms with van der Waals surface area (Å²) in [6.07, 6.45) is 0. The molecule has 0 aromatic heterocycles. The highest BCUT2D eigenvalue weighted by Crippen LogP contribution is 2.32. The highest BCUT2D eigenvalue weighted by molar-refractivity contribution is 6.31. The van der Waals surface area contributed by atoms with Crippen molar-refractivity contribution in [2.45, 2.75) is 46.5 Å². The molecule has 0 spiro atoms. The zero-order valence-electron chi connectivity index (χ0n) is 14.9. The van der Waals surface area contributed by atoms with Gasteiger partial charge in [-0.05, 0) is 47.6 Å². The van der Waals surface area contributed by atoms with Gasteiger partial charge in [-0.2, -0.15) is 0 Å². The van der Waals surface area contributed by atoms with Crippen LogP contribution in [-0.4, -0.2) is 6.03 Å². The van der Waals surface area contributed by atoms with Crippen LogP contribution in [0, 0.1) is 6.92 Å². The van der Waals surface area contributed by atoms with Gasteiger partial charge in [0.15, 0.2) is 0 Å². The average molecular weight is 345 g/mol. The zero-order chi connectivity index (χ0) is 17.9. The highest BCUT2D eigenvalue weighted by atomic mass is 35.5. The molecule has 24 heavy (non-hydrogen) atoms. The average Bonchev–Trinajstić information content (AvgIpc) is 2.50. The number of rotatable bonds is 4. The molecule has 0 fully saturated rings. The molecule has 2 aromatic rings. The van der Waals surface area contributed by atoms with E-state index in [4.69, 9.17) is 11.6 Å². The van der Waals surface area contributed by atoms with Gasteiger partial charge in [-0.25, -0.2) is 4.79 Å². The molecule has 2 aromatic carbocycles. The summed E-state index contributed by atoms with van der Waals surface area (Å²) in [6, 6.07) is 11.4. The lowest BCUT2D eigenvalue weighted by Crippen LogP contribution is -2.21. The van der Waals surface area contributed by atoms with Crippen LogP contribution >= 0.6 is 11.6 Å². The van der Waals surface area contributed by atoms with Gasteiger partial charge in [0.1, 0.15) is 0 Å². The van der Waals surface area contributed by atoms with Gasteiger partial charge in [0.05, 0.1) is 0 Å². The molecule has 0 aliphatic heterocycles. The van der Waals surface area contributed by atoms with Crippen LogP contribution in [0.1, 0.15) is 56.2 Å². The first-order valence-corrected chi connectivity index (χ1v) is 8.64. The summed E-state index contributed by atoms with van der Waals surface area (Å²) in [5.41, 5.74) is 4.83. The topological polar surface area (TPSA) is 41.1 Å². The molecule has 2 amide bonds. The molecule has 0 atom stereocenters. The van der Waals surface area contributed by atoms with E-state index in [1.807, 2.05) is 25.1 Å². The maximum Gasteiger partial charge on any atom is 0.323 e. The Morgan fingerprint density at radius 1 is 0.958 bits per heavy atom. The number of carbonyl (C=O) groups is 1. The molecule has 2 N–H and O–H groups in total. The Balaban J connectivity index is 2.26. The van der Waals surface area contributed by atoms with Crippen molar-refractivity contribution >= 4 is 29.0 Å². The number of hydrogen-bond donors (Lipinski definition) is 2. The van der Waals surface area contributed by atoms with E-state index in [-0.39, 0.29) is 6.03 Å². The van der Waals surface area contributed by atoms with Crippen LogP contribution in [0.5, 0.6) is 0 Å². The van der Waals surface area contributed by atoms with E-state index >= 15 is 0 Å². The lowest BCUT2D eigenvalue weighted by atomic mass is 9.93. The summed E-state index contributed by atoms with van der Waals surface area (Å²) in [4.78, 5) is 12.5. The lowest BCUT2D eigenvalue weighted by molar-refractivity contribution is 0.262. The standard InChI is InChI=1S/C20H25ClN2O/c1-12(2)16-7-6-8-17(13(3)4)19(16)23-20(24)22-15-10-9-14(5)18(21)11-15/h6-13H,1-5H3,(H2,22,23,24). The third kappa shape index (κ3) is 4.30. The van der Waals surface area contributed by atoms with Crippen molar-refractivity contribution in [2.75, 3.05) is 10.6 Å². The van der Waals surface area contributed by atoms with Gasteiger partial charge in [0.25, 0.3) is 0 Å². The number of hydrogen-bond acceptors (Lipinski definition) is 1. The summed E-state index contributed by atoms with van der Waals surface area (Å²) in [5, 5.41) is 6.52. The number of urea groups is 1. The number of carbonyl (C=O) groups excluding carboxylic acids is 1. The van der Waals surface area contributed by atoms with Crippen molar-refractivity contribution < 1.29 is 4.79 Å². The second kappa shape index (κ2) is 7.71. The normalized spacial score (nSPS) is 11.0. The largest absolute Gasteiger partial charge is 0.323 e. The zero-order valence-corrected chi connectivity index (χ0v) is 15.7. The Morgan fingerprint density at radius 3 is 2.04 bits per heavy atom. The van der Waals surface area contributed by atoms with Crippen molar-refractivity contribution in [1.82, 2.24) is 0 Å². The maximum atomic E-state index is 12.5. The summed E-state index contributed by atoms with van der Waals surface area (Å²) >= 11 is 6.12. The van der Waals surface area contributed by atoms with Crippen molar-refractivity contribution in [3.05, 3.63) is 58.1 Å². The fourth-order valence-electron chi connectivity index (χ4n) is 2.64. The smallest absolute Gasteiger partial charge is 0.308 e. The van der Waals surface area contributed by atoms with Gasteiger partial charge in [-0.3, -0.25) is 0 Å². The second-order valence-electron chi connectivity index (χ2n) is 6.66. The van der Waals surface area contributed by atoms with Gasteiger partial charge in [0, 0.05) is 16.4 Å². The number of halogens is 1. The molecule has 0 bridgehead atoms. The molecular formula is C20H25ClN2O. The molecule has 0 unspecified atom stereocenters. The fraction of sp³-hybridized carbons (Fsp3) is 0.350. The molecule has 0 saturated heterocycles. The van der Waals surface area contributed by atoms with E-state index in [1.54, 1.807) is 6.07 Å². The fourth-order valence-corrected chi connectivity index (χ4v) is 2.82. The summed E-state index contributed by atoms with van der Waals surface area (Å²) in [5.74, 6) is 0.653. The second-order valence-corrected chi connectivity index (χ2v) is 7.07. The van der Waals surface area contributed by atoms with Crippen molar-refractivity contribution in [3.63, 3.8) is 0 Å². The van der Waals surface area contributed by atoms with E-state index in [2.05, 4.69) is 50.5 Å². The summed E-state index contributed by atoms with van der Waals surface area (Å²) < 4.78 is 0. The minimum atomic E-state index is -0.259. The number of para-hydroxylation sites is 1. The Hall–Kier alpha value is -2.00. The summed E-state index contributed by atoms with van der Waals surface area (Å²) in [6.45, 7) is 10.4. The molecule has 0 aliphatic rings.